The first-order valence-corrected chi connectivity index (χ1v) is 12.1. The van der Waals surface area contributed by atoms with Gasteiger partial charge in [-0.25, -0.2) is 0 Å². The van der Waals surface area contributed by atoms with Crippen molar-refractivity contribution in [2.45, 2.75) is 37.8 Å². The molecule has 2 nitrogen and oxygen atoms in total. The van der Waals surface area contributed by atoms with Gasteiger partial charge in [-0.15, -0.1) is 0 Å². The number of likely N-dealkylation sites (tertiary alicyclic amines) is 1. The second kappa shape index (κ2) is 8.53. The van der Waals surface area contributed by atoms with E-state index in [-0.39, 0.29) is 0 Å². The van der Waals surface area contributed by atoms with Gasteiger partial charge < -0.3 is 5.32 Å². The zero-order valence-corrected chi connectivity index (χ0v) is 19.2. The lowest BCUT2D eigenvalue weighted by molar-refractivity contribution is 0.259. The van der Waals surface area contributed by atoms with Gasteiger partial charge in [0.15, 0.2) is 0 Å². The Kier molecular flexibility index (Phi) is 5.24. The number of likely N-dealkylation sites (N-methyl/N-ethyl adjacent to an activating group) is 1. The second-order valence-corrected chi connectivity index (χ2v) is 9.42. The molecule has 0 spiro atoms. The molecule has 1 heterocycles. The van der Waals surface area contributed by atoms with Crippen LogP contribution in [0.1, 0.15) is 25.7 Å². The first kappa shape index (κ1) is 20.3. The van der Waals surface area contributed by atoms with Gasteiger partial charge in [0.05, 0.1) is 0 Å². The lowest BCUT2D eigenvalue weighted by atomic mass is 9.86. The Bertz CT molecular complexity index is 1240. The van der Waals surface area contributed by atoms with Crippen LogP contribution < -0.4 is 5.32 Å². The predicted octanol–water partition coefficient (Wildman–Crippen LogP) is 7.20. The number of hydrogen-bond donors (Lipinski definition) is 1. The summed E-state index contributed by atoms with van der Waals surface area (Å²) in [6, 6.07) is 20.3. The second-order valence-electron chi connectivity index (χ2n) is 9.42. The van der Waals surface area contributed by atoms with E-state index >= 15 is 0 Å². The Balaban J connectivity index is 1.21. The van der Waals surface area contributed by atoms with Crippen molar-refractivity contribution in [3.63, 3.8) is 0 Å². The molecule has 2 aromatic carbocycles. The molecule has 4 aliphatic rings. The Morgan fingerprint density at radius 2 is 1.61 bits per heavy atom. The van der Waals surface area contributed by atoms with Crippen molar-refractivity contribution in [1.82, 2.24) is 4.90 Å². The molecule has 164 valence electrons. The zero-order chi connectivity index (χ0) is 22.2. The monoisotopic (exact) mass is 430 g/mol. The number of benzene rings is 2. The van der Waals surface area contributed by atoms with Crippen LogP contribution in [0.15, 0.2) is 125 Å². The van der Waals surface area contributed by atoms with Crippen molar-refractivity contribution in [2.24, 2.45) is 0 Å². The Morgan fingerprint density at radius 1 is 0.788 bits per heavy atom. The van der Waals surface area contributed by atoms with Crippen LogP contribution in [0.5, 0.6) is 0 Å². The number of hydrogen-bond acceptors (Lipinski definition) is 2. The highest BCUT2D eigenvalue weighted by Gasteiger charge is 2.40. The molecule has 0 saturated carbocycles. The normalized spacial score (nSPS) is 24.1. The summed E-state index contributed by atoms with van der Waals surface area (Å²) >= 11 is 0. The van der Waals surface area contributed by atoms with E-state index in [2.05, 4.69) is 114 Å². The van der Waals surface area contributed by atoms with E-state index in [0.717, 1.165) is 24.9 Å². The summed E-state index contributed by atoms with van der Waals surface area (Å²) in [6.45, 7) is 0. The third kappa shape index (κ3) is 3.85. The molecule has 0 amide bonds. The molecule has 6 rings (SSSR count). The lowest BCUT2D eigenvalue weighted by Gasteiger charge is -2.28. The summed E-state index contributed by atoms with van der Waals surface area (Å²) in [6.07, 6.45) is 21.0. The molecule has 33 heavy (non-hydrogen) atoms. The maximum Gasteiger partial charge on any atom is 0.0409 e. The molecule has 2 atom stereocenters. The van der Waals surface area contributed by atoms with Gasteiger partial charge in [0.25, 0.3) is 0 Å². The van der Waals surface area contributed by atoms with E-state index in [1.165, 1.54) is 45.5 Å². The van der Waals surface area contributed by atoms with Gasteiger partial charge >= 0.3 is 0 Å². The maximum atomic E-state index is 3.67. The van der Waals surface area contributed by atoms with Gasteiger partial charge in [-0.05, 0) is 84.0 Å². The highest BCUT2D eigenvalue weighted by molar-refractivity contribution is 5.67. The molecule has 0 bridgehead atoms. The smallest absolute Gasteiger partial charge is 0.0409 e. The molecular formula is C31H30N2. The molecule has 1 aliphatic heterocycles. The van der Waals surface area contributed by atoms with Crippen LogP contribution in [-0.4, -0.2) is 24.0 Å². The summed E-state index contributed by atoms with van der Waals surface area (Å²) in [5.41, 5.74) is 10.7. The first-order valence-electron chi connectivity index (χ1n) is 12.1. The number of fused-ring (bicyclic) bond motifs is 3. The third-order valence-electron chi connectivity index (χ3n) is 7.41. The summed E-state index contributed by atoms with van der Waals surface area (Å²) in [5, 5.41) is 3.67. The van der Waals surface area contributed by atoms with Gasteiger partial charge in [0.2, 0.25) is 0 Å². The molecule has 1 fully saturated rings. The van der Waals surface area contributed by atoms with Crippen LogP contribution in [0, 0.1) is 0 Å². The van der Waals surface area contributed by atoms with Crippen LogP contribution in [0.4, 0.5) is 5.69 Å². The van der Waals surface area contributed by atoms with Crippen molar-refractivity contribution >= 4 is 5.69 Å². The fourth-order valence-electron chi connectivity index (χ4n) is 5.59. The number of nitrogens with zero attached hydrogens (tertiary/aromatic N) is 1. The quantitative estimate of drug-likeness (QED) is 0.552. The van der Waals surface area contributed by atoms with Crippen molar-refractivity contribution in [2.75, 3.05) is 12.4 Å². The molecule has 0 radical (unpaired) electrons. The summed E-state index contributed by atoms with van der Waals surface area (Å²) in [7, 11) is 2.29. The van der Waals surface area contributed by atoms with Crippen LogP contribution in [0.25, 0.3) is 11.1 Å². The minimum Gasteiger partial charge on any atom is -0.359 e. The van der Waals surface area contributed by atoms with Crippen molar-refractivity contribution in [1.29, 1.82) is 0 Å². The average Bonchev–Trinajstić information content (AvgIpc) is 3.16. The maximum absolute atomic E-state index is 3.67. The average molecular weight is 431 g/mol. The van der Waals surface area contributed by atoms with Gasteiger partial charge in [-0.3, -0.25) is 4.90 Å². The molecule has 1 N–H and O–H groups in total. The van der Waals surface area contributed by atoms with E-state index in [1.54, 1.807) is 0 Å². The number of allylic oxidation sites excluding steroid dienone is 8. The topological polar surface area (TPSA) is 15.3 Å². The van der Waals surface area contributed by atoms with Gasteiger partial charge in [0.1, 0.15) is 0 Å². The number of rotatable bonds is 4. The van der Waals surface area contributed by atoms with Crippen LogP contribution in [0.3, 0.4) is 0 Å². The standard InChI is InChI=1S/C31H30N2/c1-33-30-19-14-25(23-10-6-3-7-11-23)20-29(30)28-18-17-27(21-31(28)33)32-26-15-12-24(13-16-26)22-8-4-2-5-9-22/h2,4-6,8-18,20,30-32H,3,7,19,21H2,1H3. The number of nitrogens with one attached hydrogen (secondary N) is 1. The minimum absolute atomic E-state index is 0.445. The van der Waals surface area contributed by atoms with Gasteiger partial charge in [-0.2, -0.15) is 0 Å². The van der Waals surface area contributed by atoms with E-state index in [1.807, 2.05) is 0 Å². The summed E-state index contributed by atoms with van der Waals surface area (Å²) < 4.78 is 0. The highest BCUT2D eigenvalue weighted by Crippen LogP contribution is 2.43. The van der Waals surface area contributed by atoms with Crippen LogP contribution >= 0.6 is 0 Å². The van der Waals surface area contributed by atoms with Crippen LogP contribution in [-0.2, 0) is 0 Å². The van der Waals surface area contributed by atoms with Crippen molar-refractivity contribution in [3.05, 3.63) is 125 Å². The molecule has 2 unspecified atom stereocenters. The zero-order valence-electron chi connectivity index (χ0n) is 19.2. The van der Waals surface area contributed by atoms with E-state index < -0.39 is 0 Å². The number of anilines is 1. The molecular weight excluding hydrogens is 400 g/mol. The fraction of sp³-hybridized carbons (Fsp3) is 0.226. The fourth-order valence-corrected chi connectivity index (χ4v) is 5.59. The van der Waals surface area contributed by atoms with Crippen LogP contribution in [0.2, 0.25) is 0 Å². The molecule has 3 aliphatic carbocycles. The predicted molar refractivity (Wildman–Crippen MR) is 139 cm³/mol. The molecule has 2 heteroatoms. The van der Waals surface area contributed by atoms with E-state index in [4.69, 9.17) is 0 Å². The Labute approximate surface area is 197 Å². The van der Waals surface area contributed by atoms with Gasteiger partial charge in [-0.1, -0.05) is 72.8 Å². The first-order chi connectivity index (χ1) is 16.3. The SMILES string of the molecule is CN1C2CC=C(C3=CCCC=C3)C=C2C2=CC=C(Nc3ccc(-c4ccccc4)cc3)CC21. The largest absolute Gasteiger partial charge is 0.359 e. The van der Waals surface area contributed by atoms with Gasteiger partial charge in [0, 0.05) is 29.9 Å². The van der Waals surface area contributed by atoms with Crippen molar-refractivity contribution in [3.8, 4) is 11.1 Å². The summed E-state index contributed by atoms with van der Waals surface area (Å²) in [4.78, 5) is 2.57. The Morgan fingerprint density at radius 3 is 2.39 bits per heavy atom. The molecule has 1 saturated heterocycles. The lowest BCUT2D eigenvalue weighted by Crippen LogP contribution is -2.34. The third-order valence-corrected chi connectivity index (χ3v) is 7.41. The molecule has 2 aromatic rings. The highest BCUT2D eigenvalue weighted by atomic mass is 15.2. The van der Waals surface area contributed by atoms with E-state index in [0.29, 0.717) is 12.1 Å². The summed E-state index contributed by atoms with van der Waals surface area (Å²) in [5.74, 6) is 0. The Hall–Kier alpha value is -3.36. The van der Waals surface area contributed by atoms with E-state index in [9.17, 15) is 0 Å². The minimum atomic E-state index is 0.445. The molecule has 0 aromatic heterocycles. The van der Waals surface area contributed by atoms with Crippen molar-refractivity contribution < 1.29 is 0 Å².